The number of aromatic nitrogens is 2. The highest BCUT2D eigenvalue weighted by Crippen LogP contribution is 2.19. The van der Waals surface area contributed by atoms with Gasteiger partial charge in [-0.3, -0.25) is 10.1 Å². The van der Waals surface area contributed by atoms with Crippen LogP contribution in [0.4, 0.5) is 11.6 Å². The standard InChI is InChI=1S/C12H11ClN4O2/c1-19-9-5-7(4-8(14)6-9)11(18)17-12-15-3-2-10(13)16-12/h2-6H,14H2,1H3,(H,15,16,17,18). The largest absolute Gasteiger partial charge is 0.497 e. The van der Waals surface area contributed by atoms with Gasteiger partial charge in [-0.15, -0.1) is 0 Å². The van der Waals surface area contributed by atoms with Crippen LogP contribution in [0.2, 0.25) is 5.15 Å². The molecule has 1 heterocycles. The molecule has 0 aliphatic carbocycles. The predicted octanol–water partition coefficient (Wildman–Crippen LogP) is 1.97. The van der Waals surface area contributed by atoms with Crippen LogP contribution in [-0.4, -0.2) is 23.0 Å². The molecule has 0 unspecified atom stereocenters. The average molecular weight is 279 g/mol. The van der Waals surface area contributed by atoms with Gasteiger partial charge in [-0.25, -0.2) is 9.97 Å². The molecule has 6 nitrogen and oxygen atoms in total. The minimum absolute atomic E-state index is 0.124. The minimum atomic E-state index is -0.395. The molecule has 7 heteroatoms. The van der Waals surface area contributed by atoms with Crippen LogP contribution < -0.4 is 15.8 Å². The first kappa shape index (κ1) is 13.1. The van der Waals surface area contributed by atoms with E-state index in [0.717, 1.165) is 0 Å². The summed E-state index contributed by atoms with van der Waals surface area (Å²) in [7, 11) is 1.50. The number of carbonyl (C=O) groups excluding carboxylic acids is 1. The van der Waals surface area contributed by atoms with Crippen molar-refractivity contribution in [3.05, 3.63) is 41.2 Å². The molecule has 0 spiro atoms. The zero-order valence-electron chi connectivity index (χ0n) is 10.1. The lowest BCUT2D eigenvalue weighted by Crippen LogP contribution is -2.14. The van der Waals surface area contributed by atoms with E-state index < -0.39 is 5.91 Å². The van der Waals surface area contributed by atoms with Crippen molar-refractivity contribution in [1.82, 2.24) is 9.97 Å². The van der Waals surface area contributed by atoms with Crippen LogP contribution in [0, 0.1) is 0 Å². The summed E-state index contributed by atoms with van der Waals surface area (Å²) in [5.41, 5.74) is 6.45. The van der Waals surface area contributed by atoms with Crippen molar-refractivity contribution in [2.75, 3.05) is 18.2 Å². The van der Waals surface area contributed by atoms with Crippen molar-refractivity contribution in [3.63, 3.8) is 0 Å². The van der Waals surface area contributed by atoms with Crippen LogP contribution in [0.1, 0.15) is 10.4 Å². The molecule has 1 aromatic heterocycles. The Hall–Kier alpha value is -2.34. The van der Waals surface area contributed by atoms with Crippen LogP contribution in [-0.2, 0) is 0 Å². The number of ether oxygens (including phenoxy) is 1. The number of benzene rings is 1. The second-order valence-electron chi connectivity index (χ2n) is 3.65. The lowest BCUT2D eigenvalue weighted by Gasteiger charge is -2.07. The SMILES string of the molecule is COc1cc(N)cc(C(=O)Nc2nccc(Cl)n2)c1. The van der Waals surface area contributed by atoms with Gasteiger partial charge >= 0.3 is 0 Å². The Morgan fingerprint density at radius 2 is 2.21 bits per heavy atom. The quantitative estimate of drug-likeness (QED) is 0.662. The van der Waals surface area contributed by atoms with E-state index in [0.29, 0.717) is 17.0 Å². The number of nitrogens with zero attached hydrogens (tertiary/aromatic N) is 2. The molecule has 0 aliphatic rings. The van der Waals surface area contributed by atoms with Crippen LogP contribution in [0.15, 0.2) is 30.5 Å². The number of halogens is 1. The molecule has 0 bridgehead atoms. The molecule has 98 valence electrons. The van der Waals surface area contributed by atoms with Crippen LogP contribution in [0.3, 0.4) is 0 Å². The van der Waals surface area contributed by atoms with Crippen molar-refractivity contribution < 1.29 is 9.53 Å². The van der Waals surface area contributed by atoms with Gasteiger partial charge in [0.2, 0.25) is 5.95 Å². The summed E-state index contributed by atoms with van der Waals surface area (Å²) in [6, 6.07) is 6.23. The monoisotopic (exact) mass is 278 g/mol. The third-order valence-corrected chi connectivity index (χ3v) is 2.48. The molecule has 19 heavy (non-hydrogen) atoms. The third-order valence-electron chi connectivity index (χ3n) is 2.27. The summed E-state index contributed by atoms with van der Waals surface area (Å²) in [5.74, 6) is 0.226. The number of hydrogen-bond donors (Lipinski definition) is 2. The number of carbonyl (C=O) groups is 1. The van der Waals surface area contributed by atoms with Gasteiger partial charge in [-0.1, -0.05) is 11.6 Å². The predicted molar refractivity (Wildman–Crippen MR) is 72.4 cm³/mol. The number of hydrogen-bond acceptors (Lipinski definition) is 5. The number of nitrogens with two attached hydrogens (primary N) is 1. The van der Waals surface area contributed by atoms with Gasteiger partial charge in [-0.2, -0.15) is 0 Å². The van der Waals surface area contributed by atoms with Gasteiger partial charge in [0, 0.05) is 23.5 Å². The maximum Gasteiger partial charge on any atom is 0.258 e. The van der Waals surface area contributed by atoms with E-state index in [-0.39, 0.29) is 11.1 Å². The van der Waals surface area contributed by atoms with Crippen molar-refractivity contribution in [2.45, 2.75) is 0 Å². The second-order valence-corrected chi connectivity index (χ2v) is 4.04. The van der Waals surface area contributed by atoms with Crippen molar-refractivity contribution in [3.8, 4) is 5.75 Å². The summed E-state index contributed by atoms with van der Waals surface area (Å²) in [5, 5.41) is 2.77. The van der Waals surface area contributed by atoms with Gasteiger partial charge in [0.05, 0.1) is 7.11 Å². The Labute approximate surface area is 114 Å². The Bertz CT molecular complexity index is 618. The fraction of sp³-hybridized carbons (Fsp3) is 0.0833. The highest BCUT2D eigenvalue weighted by atomic mass is 35.5. The van der Waals surface area contributed by atoms with E-state index in [1.807, 2.05) is 0 Å². The third kappa shape index (κ3) is 3.32. The van der Waals surface area contributed by atoms with E-state index in [1.165, 1.54) is 25.4 Å². The van der Waals surface area contributed by atoms with Crippen LogP contribution in [0.25, 0.3) is 0 Å². The molecular weight excluding hydrogens is 268 g/mol. The second kappa shape index (κ2) is 5.53. The summed E-state index contributed by atoms with van der Waals surface area (Å²) < 4.78 is 5.04. The van der Waals surface area contributed by atoms with Crippen molar-refractivity contribution >= 4 is 29.1 Å². The first-order chi connectivity index (χ1) is 9.08. The highest BCUT2D eigenvalue weighted by molar-refractivity contribution is 6.29. The number of nitrogens with one attached hydrogen (secondary N) is 1. The van der Waals surface area contributed by atoms with Crippen LogP contribution in [0.5, 0.6) is 5.75 Å². The van der Waals surface area contributed by atoms with E-state index >= 15 is 0 Å². The number of nitrogen functional groups attached to an aromatic ring is 1. The van der Waals surface area contributed by atoms with E-state index in [9.17, 15) is 4.79 Å². The molecule has 0 aliphatic heterocycles. The van der Waals surface area contributed by atoms with Gasteiger partial charge in [0.25, 0.3) is 5.91 Å². The van der Waals surface area contributed by atoms with Crippen LogP contribution >= 0.6 is 11.6 Å². The molecule has 0 saturated carbocycles. The molecule has 1 aromatic carbocycles. The van der Waals surface area contributed by atoms with E-state index in [2.05, 4.69) is 15.3 Å². The number of amides is 1. The summed E-state index contributed by atoms with van der Waals surface area (Å²) in [6.45, 7) is 0. The number of methoxy groups -OCH3 is 1. The fourth-order valence-corrected chi connectivity index (χ4v) is 1.58. The maximum atomic E-state index is 12.0. The lowest BCUT2D eigenvalue weighted by atomic mass is 10.2. The summed E-state index contributed by atoms with van der Waals surface area (Å²) >= 11 is 5.70. The minimum Gasteiger partial charge on any atom is -0.497 e. The molecule has 0 radical (unpaired) electrons. The highest BCUT2D eigenvalue weighted by Gasteiger charge is 2.10. The first-order valence-corrected chi connectivity index (χ1v) is 5.71. The molecule has 3 N–H and O–H groups in total. The molecule has 1 amide bonds. The van der Waals surface area contributed by atoms with Gasteiger partial charge in [0.15, 0.2) is 0 Å². The number of anilines is 2. The molecular formula is C12H11ClN4O2. The smallest absolute Gasteiger partial charge is 0.258 e. The zero-order chi connectivity index (χ0) is 13.8. The summed E-state index contributed by atoms with van der Waals surface area (Å²) in [6.07, 6.45) is 1.45. The Morgan fingerprint density at radius 1 is 1.42 bits per heavy atom. The molecule has 0 saturated heterocycles. The Morgan fingerprint density at radius 3 is 2.89 bits per heavy atom. The molecule has 2 rings (SSSR count). The Kier molecular flexibility index (Phi) is 3.82. The lowest BCUT2D eigenvalue weighted by molar-refractivity contribution is 0.102. The molecule has 0 fully saturated rings. The van der Waals surface area contributed by atoms with Gasteiger partial charge < -0.3 is 10.5 Å². The van der Waals surface area contributed by atoms with Gasteiger partial charge in [0.1, 0.15) is 10.9 Å². The first-order valence-electron chi connectivity index (χ1n) is 5.33. The molecule has 2 aromatic rings. The zero-order valence-corrected chi connectivity index (χ0v) is 10.8. The average Bonchev–Trinajstić information content (AvgIpc) is 2.38. The molecule has 0 atom stereocenters. The topological polar surface area (TPSA) is 90.1 Å². The van der Waals surface area contributed by atoms with Crippen molar-refractivity contribution in [2.24, 2.45) is 0 Å². The maximum absolute atomic E-state index is 12.0. The van der Waals surface area contributed by atoms with E-state index in [4.69, 9.17) is 22.1 Å². The fourth-order valence-electron chi connectivity index (χ4n) is 1.44. The Balaban J connectivity index is 2.22. The summed E-state index contributed by atoms with van der Waals surface area (Å²) in [4.78, 5) is 19.7. The number of rotatable bonds is 3. The van der Waals surface area contributed by atoms with E-state index in [1.54, 1.807) is 12.1 Å². The normalized spacial score (nSPS) is 10.0. The van der Waals surface area contributed by atoms with Crippen molar-refractivity contribution in [1.29, 1.82) is 0 Å². The van der Waals surface area contributed by atoms with Gasteiger partial charge in [-0.05, 0) is 18.2 Å².